The summed E-state index contributed by atoms with van der Waals surface area (Å²) in [5.41, 5.74) is 0. The van der Waals surface area contributed by atoms with Crippen LogP contribution in [0.4, 0.5) is 9.59 Å². The highest BCUT2D eigenvalue weighted by Crippen LogP contribution is 1.93. The van der Waals surface area contributed by atoms with Crippen molar-refractivity contribution >= 4 is 12.2 Å². The van der Waals surface area contributed by atoms with Gasteiger partial charge in [-0.3, -0.25) is 0 Å². The van der Waals surface area contributed by atoms with Crippen LogP contribution in [0.3, 0.4) is 0 Å². The maximum absolute atomic E-state index is 10.5. The second kappa shape index (κ2) is 4.11. The average Bonchev–Trinajstić information content (AvgIpc) is 2.05. The van der Waals surface area contributed by atoms with Crippen molar-refractivity contribution in [3.63, 3.8) is 0 Å². The van der Waals surface area contributed by atoms with Gasteiger partial charge in [-0.15, -0.1) is 4.90 Å². The second-order valence-electron chi connectivity index (χ2n) is 1.38. The molecule has 0 aromatic rings. The Morgan fingerprint density at radius 1 is 1.27 bits per heavy atom. The van der Waals surface area contributed by atoms with Crippen LogP contribution in [0.15, 0.2) is 0 Å². The molecule has 0 atom stereocenters. The molecule has 11 heavy (non-hydrogen) atoms. The zero-order valence-corrected chi connectivity index (χ0v) is 6.03. The van der Waals surface area contributed by atoms with Gasteiger partial charge in [-0.2, -0.15) is 5.26 Å². The van der Waals surface area contributed by atoms with Crippen LogP contribution >= 0.6 is 0 Å². The lowest BCUT2D eigenvalue weighted by Crippen LogP contribution is -2.32. The Labute approximate surface area is 62.9 Å². The van der Waals surface area contributed by atoms with Crippen LogP contribution in [-0.4, -0.2) is 31.3 Å². The molecule has 0 heterocycles. The van der Waals surface area contributed by atoms with Crippen molar-refractivity contribution in [1.82, 2.24) is 4.90 Å². The Morgan fingerprint density at radius 3 is 1.82 bits per heavy atom. The molecule has 0 unspecified atom stereocenters. The molecule has 0 N–H and O–H groups in total. The molecule has 2 amide bonds. The summed E-state index contributed by atoms with van der Waals surface area (Å²) in [5.74, 6) is 0. The molecule has 0 saturated heterocycles. The number of rotatable bonds is 0. The van der Waals surface area contributed by atoms with Crippen LogP contribution in [0.25, 0.3) is 0 Å². The van der Waals surface area contributed by atoms with Gasteiger partial charge in [0.15, 0.2) is 6.19 Å². The normalized spacial score (nSPS) is 7.73. The molecule has 0 spiro atoms. The minimum absolute atomic E-state index is 0.153. The van der Waals surface area contributed by atoms with E-state index in [2.05, 4.69) is 9.47 Å². The number of nitriles is 1. The Hall–Kier alpha value is -1.77. The van der Waals surface area contributed by atoms with E-state index in [1.54, 1.807) is 0 Å². The maximum Gasteiger partial charge on any atom is 0.432 e. The fourth-order valence-electron chi connectivity index (χ4n) is 0.339. The van der Waals surface area contributed by atoms with E-state index in [1.807, 2.05) is 0 Å². The van der Waals surface area contributed by atoms with E-state index >= 15 is 0 Å². The first kappa shape index (κ1) is 9.23. The molecule has 0 aliphatic rings. The van der Waals surface area contributed by atoms with Gasteiger partial charge in [0, 0.05) is 0 Å². The zero-order chi connectivity index (χ0) is 8.85. The molecule has 60 valence electrons. The molecule has 0 bridgehead atoms. The summed E-state index contributed by atoms with van der Waals surface area (Å²) < 4.78 is 8.18. The highest BCUT2D eigenvalue weighted by atomic mass is 16.6. The lowest BCUT2D eigenvalue weighted by atomic mass is 10.8. The number of amides is 2. The smallest absolute Gasteiger partial charge is 0.432 e. The molecule has 6 nitrogen and oxygen atoms in total. The van der Waals surface area contributed by atoms with Gasteiger partial charge in [0.2, 0.25) is 0 Å². The van der Waals surface area contributed by atoms with Gasteiger partial charge in [0.05, 0.1) is 14.2 Å². The van der Waals surface area contributed by atoms with Gasteiger partial charge in [-0.1, -0.05) is 0 Å². The standard InChI is InChI=1S/C5H6N2O4/c1-10-4(8)7(3-6)5(9)11-2/h1-2H3. The molecule has 0 aromatic carbocycles. The van der Waals surface area contributed by atoms with Crippen molar-refractivity contribution in [2.75, 3.05) is 14.2 Å². The minimum atomic E-state index is -1.07. The molecular weight excluding hydrogens is 152 g/mol. The Morgan fingerprint density at radius 2 is 1.64 bits per heavy atom. The molecule has 0 aliphatic heterocycles. The number of methoxy groups -OCH3 is 2. The number of hydrogen-bond acceptors (Lipinski definition) is 5. The fraction of sp³-hybridized carbons (Fsp3) is 0.400. The van der Waals surface area contributed by atoms with E-state index in [1.165, 1.54) is 6.19 Å². The second-order valence-corrected chi connectivity index (χ2v) is 1.38. The van der Waals surface area contributed by atoms with Crippen molar-refractivity contribution in [3.8, 4) is 6.19 Å². The Bertz CT molecular complexity index is 191. The quantitative estimate of drug-likeness (QED) is 0.374. The summed E-state index contributed by atoms with van der Waals surface area (Å²) >= 11 is 0. The van der Waals surface area contributed by atoms with Gasteiger partial charge < -0.3 is 9.47 Å². The maximum atomic E-state index is 10.5. The third kappa shape index (κ3) is 2.14. The van der Waals surface area contributed by atoms with Crippen molar-refractivity contribution in [1.29, 1.82) is 5.26 Å². The fourth-order valence-corrected chi connectivity index (χ4v) is 0.339. The highest BCUT2D eigenvalue weighted by Gasteiger charge is 2.22. The largest absolute Gasteiger partial charge is 0.452 e. The summed E-state index contributed by atoms with van der Waals surface area (Å²) in [5, 5.41) is 8.20. The molecule has 0 fully saturated rings. The number of hydrogen-bond donors (Lipinski definition) is 0. The number of nitrogens with zero attached hydrogens (tertiary/aromatic N) is 2. The summed E-state index contributed by atoms with van der Waals surface area (Å²) in [6, 6.07) is 0. The van der Waals surface area contributed by atoms with Crippen LogP contribution in [-0.2, 0) is 9.47 Å². The molecule has 0 aromatic heterocycles. The SMILES string of the molecule is COC(=O)N(C#N)C(=O)OC. The first-order chi connectivity index (χ1) is 5.17. The van der Waals surface area contributed by atoms with Crippen LogP contribution in [0, 0.1) is 11.5 Å². The van der Waals surface area contributed by atoms with E-state index in [9.17, 15) is 9.59 Å². The van der Waals surface area contributed by atoms with Crippen LogP contribution in [0.2, 0.25) is 0 Å². The van der Waals surface area contributed by atoms with Gasteiger partial charge in [-0.25, -0.2) is 9.59 Å². The van der Waals surface area contributed by atoms with Crippen LogP contribution in [0.1, 0.15) is 0 Å². The first-order valence-corrected chi connectivity index (χ1v) is 2.53. The zero-order valence-electron chi connectivity index (χ0n) is 6.03. The van der Waals surface area contributed by atoms with Crippen molar-refractivity contribution in [2.24, 2.45) is 0 Å². The number of carbonyl (C=O) groups is 2. The monoisotopic (exact) mass is 158 g/mol. The Balaban J connectivity index is 4.31. The lowest BCUT2D eigenvalue weighted by molar-refractivity contribution is 0.116. The summed E-state index contributed by atoms with van der Waals surface area (Å²) in [6.07, 6.45) is -0.852. The van der Waals surface area contributed by atoms with E-state index in [0.29, 0.717) is 0 Å². The summed E-state index contributed by atoms with van der Waals surface area (Å²) in [7, 11) is 2.10. The highest BCUT2D eigenvalue weighted by molar-refractivity contribution is 5.89. The third-order valence-electron chi connectivity index (χ3n) is 0.814. The van der Waals surface area contributed by atoms with Crippen molar-refractivity contribution in [2.45, 2.75) is 0 Å². The molecular formula is C5H6N2O4. The van der Waals surface area contributed by atoms with E-state index < -0.39 is 12.2 Å². The average molecular weight is 158 g/mol. The molecule has 0 aliphatic carbocycles. The Kier molecular flexibility index (Phi) is 3.45. The predicted molar refractivity (Wildman–Crippen MR) is 32.3 cm³/mol. The summed E-state index contributed by atoms with van der Waals surface area (Å²) in [4.78, 5) is 21.2. The lowest BCUT2D eigenvalue weighted by Gasteiger charge is -2.06. The van der Waals surface area contributed by atoms with Crippen LogP contribution in [0.5, 0.6) is 0 Å². The van der Waals surface area contributed by atoms with Gasteiger partial charge >= 0.3 is 12.2 Å². The predicted octanol–water partition coefficient (Wildman–Crippen LogP) is 0.302. The van der Waals surface area contributed by atoms with Gasteiger partial charge in [-0.05, 0) is 0 Å². The van der Waals surface area contributed by atoms with Crippen molar-refractivity contribution < 1.29 is 19.1 Å². The molecule has 0 saturated carbocycles. The minimum Gasteiger partial charge on any atom is -0.452 e. The first-order valence-electron chi connectivity index (χ1n) is 2.53. The van der Waals surface area contributed by atoms with Gasteiger partial charge in [0.1, 0.15) is 0 Å². The van der Waals surface area contributed by atoms with Crippen LogP contribution < -0.4 is 0 Å². The summed E-state index contributed by atoms with van der Waals surface area (Å²) in [6.45, 7) is 0. The van der Waals surface area contributed by atoms with E-state index in [4.69, 9.17) is 5.26 Å². The van der Waals surface area contributed by atoms with Crippen molar-refractivity contribution in [3.05, 3.63) is 0 Å². The number of carbonyl (C=O) groups excluding carboxylic acids is 2. The number of ether oxygens (including phenoxy) is 2. The van der Waals surface area contributed by atoms with E-state index in [-0.39, 0.29) is 4.90 Å². The molecule has 0 rings (SSSR count). The number of imide groups is 1. The molecule has 0 radical (unpaired) electrons. The van der Waals surface area contributed by atoms with E-state index in [0.717, 1.165) is 14.2 Å². The van der Waals surface area contributed by atoms with Gasteiger partial charge in [0.25, 0.3) is 0 Å². The third-order valence-corrected chi connectivity index (χ3v) is 0.814. The molecule has 6 heteroatoms. The topological polar surface area (TPSA) is 79.6 Å².